The molecule has 0 fully saturated rings. The third-order valence-corrected chi connectivity index (χ3v) is 2.26. The SMILES string of the molecule is C[C@@H]1NCc2cccc(N)c21. The molecule has 0 spiro atoms. The molecule has 3 N–H and O–H groups in total. The van der Waals surface area contributed by atoms with Crippen LogP contribution < -0.4 is 11.1 Å². The lowest BCUT2D eigenvalue weighted by Gasteiger charge is -2.06. The summed E-state index contributed by atoms with van der Waals surface area (Å²) in [6, 6.07) is 6.52. The first-order valence-corrected chi connectivity index (χ1v) is 3.89. The van der Waals surface area contributed by atoms with Crippen LogP contribution in [0.3, 0.4) is 0 Å². The van der Waals surface area contributed by atoms with Gasteiger partial charge < -0.3 is 11.1 Å². The van der Waals surface area contributed by atoms with E-state index in [1.165, 1.54) is 11.1 Å². The number of hydrogen-bond acceptors (Lipinski definition) is 2. The quantitative estimate of drug-likeness (QED) is 0.546. The van der Waals surface area contributed by atoms with Crippen molar-refractivity contribution in [3.8, 4) is 0 Å². The molecule has 1 aliphatic heterocycles. The Balaban J connectivity index is 2.58. The highest BCUT2D eigenvalue weighted by atomic mass is 14.9. The van der Waals surface area contributed by atoms with Crippen LogP contribution in [0.1, 0.15) is 24.1 Å². The Bertz CT molecular complexity index is 281. The van der Waals surface area contributed by atoms with E-state index in [4.69, 9.17) is 5.73 Å². The van der Waals surface area contributed by atoms with Crippen LogP contribution in [0.5, 0.6) is 0 Å². The van der Waals surface area contributed by atoms with E-state index in [0.29, 0.717) is 6.04 Å². The zero-order valence-electron chi connectivity index (χ0n) is 6.59. The Morgan fingerprint density at radius 3 is 3.09 bits per heavy atom. The number of fused-ring (bicyclic) bond motifs is 1. The number of rotatable bonds is 0. The molecule has 0 radical (unpaired) electrons. The Hall–Kier alpha value is -1.02. The first kappa shape index (κ1) is 6.68. The second kappa shape index (κ2) is 2.24. The lowest BCUT2D eigenvalue weighted by molar-refractivity contribution is 0.634. The molecule has 1 aromatic rings. The van der Waals surface area contributed by atoms with Crippen LogP contribution in [0.2, 0.25) is 0 Å². The van der Waals surface area contributed by atoms with Crippen molar-refractivity contribution in [1.29, 1.82) is 0 Å². The predicted molar refractivity (Wildman–Crippen MR) is 46.1 cm³/mol. The van der Waals surface area contributed by atoms with Crippen LogP contribution in [-0.2, 0) is 6.54 Å². The van der Waals surface area contributed by atoms with E-state index in [2.05, 4.69) is 18.3 Å². The van der Waals surface area contributed by atoms with Crippen molar-refractivity contribution in [1.82, 2.24) is 5.32 Å². The fraction of sp³-hybridized carbons (Fsp3) is 0.333. The van der Waals surface area contributed by atoms with Gasteiger partial charge in [-0.25, -0.2) is 0 Å². The van der Waals surface area contributed by atoms with Gasteiger partial charge in [0.05, 0.1) is 0 Å². The van der Waals surface area contributed by atoms with Gasteiger partial charge in [-0.2, -0.15) is 0 Å². The highest BCUT2D eigenvalue weighted by Gasteiger charge is 2.18. The monoisotopic (exact) mass is 148 g/mol. The summed E-state index contributed by atoms with van der Waals surface area (Å²) >= 11 is 0. The topological polar surface area (TPSA) is 38.0 Å². The molecule has 0 unspecified atom stereocenters. The third-order valence-electron chi connectivity index (χ3n) is 2.26. The molecule has 0 saturated carbocycles. The zero-order valence-corrected chi connectivity index (χ0v) is 6.59. The summed E-state index contributed by atoms with van der Waals surface area (Å²) in [4.78, 5) is 0. The lowest BCUT2D eigenvalue weighted by Crippen LogP contribution is -2.08. The van der Waals surface area contributed by atoms with Crippen molar-refractivity contribution in [2.45, 2.75) is 19.5 Å². The minimum Gasteiger partial charge on any atom is -0.398 e. The van der Waals surface area contributed by atoms with Crippen LogP contribution >= 0.6 is 0 Å². The molecule has 0 amide bonds. The minimum atomic E-state index is 0.422. The van der Waals surface area contributed by atoms with Gasteiger partial charge in [0.25, 0.3) is 0 Å². The molecule has 0 saturated heterocycles. The predicted octanol–water partition coefficient (Wildman–Crippen LogP) is 1.43. The standard InChI is InChI=1S/C9H12N2/c1-6-9-7(5-11-6)3-2-4-8(9)10/h2-4,6,11H,5,10H2,1H3/t6-/m0/s1. The highest BCUT2D eigenvalue weighted by Crippen LogP contribution is 2.29. The summed E-state index contributed by atoms with van der Waals surface area (Å²) in [5.41, 5.74) is 9.37. The van der Waals surface area contributed by atoms with Crippen LogP contribution in [0.25, 0.3) is 0 Å². The summed E-state index contributed by atoms with van der Waals surface area (Å²) < 4.78 is 0. The van der Waals surface area contributed by atoms with Crippen LogP contribution in [0, 0.1) is 0 Å². The van der Waals surface area contributed by atoms with Gasteiger partial charge in [-0.1, -0.05) is 12.1 Å². The Morgan fingerprint density at radius 2 is 2.36 bits per heavy atom. The smallest absolute Gasteiger partial charge is 0.0365 e. The van der Waals surface area contributed by atoms with Gasteiger partial charge in [-0.3, -0.25) is 0 Å². The van der Waals surface area contributed by atoms with Gasteiger partial charge in [0.1, 0.15) is 0 Å². The summed E-state index contributed by atoms with van der Waals surface area (Å²) in [6.45, 7) is 3.10. The molecule has 2 rings (SSSR count). The minimum absolute atomic E-state index is 0.422. The molecule has 58 valence electrons. The van der Waals surface area contributed by atoms with Gasteiger partial charge in [-0.15, -0.1) is 0 Å². The number of hydrogen-bond donors (Lipinski definition) is 2. The lowest BCUT2D eigenvalue weighted by atomic mass is 10.0. The molecule has 0 aliphatic carbocycles. The van der Waals surface area contributed by atoms with Crippen molar-refractivity contribution in [2.75, 3.05) is 5.73 Å². The van der Waals surface area contributed by atoms with Gasteiger partial charge in [0.2, 0.25) is 0 Å². The van der Waals surface area contributed by atoms with E-state index in [9.17, 15) is 0 Å². The van der Waals surface area contributed by atoms with E-state index in [0.717, 1.165) is 12.2 Å². The third kappa shape index (κ3) is 0.906. The molecule has 11 heavy (non-hydrogen) atoms. The molecule has 1 heterocycles. The second-order valence-electron chi connectivity index (χ2n) is 3.02. The van der Waals surface area contributed by atoms with E-state index in [1.54, 1.807) is 0 Å². The zero-order chi connectivity index (χ0) is 7.84. The van der Waals surface area contributed by atoms with Crippen molar-refractivity contribution in [3.05, 3.63) is 29.3 Å². The van der Waals surface area contributed by atoms with Gasteiger partial charge in [0.15, 0.2) is 0 Å². The van der Waals surface area contributed by atoms with Crippen LogP contribution in [0.15, 0.2) is 18.2 Å². The maximum absolute atomic E-state index is 5.82. The molecular weight excluding hydrogens is 136 g/mol. The normalized spacial score (nSPS) is 21.7. The first-order chi connectivity index (χ1) is 5.29. The van der Waals surface area contributed by atoms with Gasteiger partial charge in [-0.05, 0) is 24.1 Å². The molecule has 0 bridgehead atoms. The highest BCUT2D eigenvalue weighted by molar-refractivity contribution is 5.54. The average molecular weight is 148 g/mol. The maximum atomic E-state index is 5.82. The molecule has 2 nitrogen and oxygen atoms in total. The van der Waals surface area contributed by atoms with E-state index < -0.39 is 0 Å². The van der Waals surface area contributed by atoms with Crippen LogP contribution in [-0.4, -0.2) is 0 Å². The summed E-state index contributed by atoms with van der Waals surface area (Å²) in [6.07, 6.45) is 0. The fourth-order valence-corrected chi connectivity index (χ4v) is 1.68. The Labute approximate surface area is 66.4 Å². The Kier molecular flexibility index (Phi) is 1.36. The van der Waals surface area contributed by atoms with Crippen molar-refractivity contribution in [3.63, 3.8) is 0 Å². The Morgan fingerprint density at radius 1 is 1.55 bits per heavy atom. The first-order valence-electron chi connectivity index (χ1n) is 3.89. The average Bonchev–Trinajstić information content (AvgIpc) is 2.34. The summed E-state index contributed by atoms with van der Waals surface area (Å²) in [5.74, 6) is 0. The largest absolute Gasteiger partial charge is 0.398 e. The van der Waals surface area contributed by atoms with E-state index >= 15 is 0 Å². The van der Waals surface area contributed by atoms with E-state index in [1.807, 2.05) is 12.1 Å². The number of nitrogen functional groups attached to an aromatic ring is 1. The molecule has 1 aromatic carbocycles. The molecule has 2 heteroatoms. The van der Waals surface area contributed by atoms with Crippen molar-refractivity contribution >= 4 is 5.69 Å². The molecular formula is C9H12N2. The second-order valence-corrected chi connectivity index (χ2v) is 3.02. The van der Waals surface area contributed by atoms with Gasteiger partial charge in [0, 0.05) is 18.3 Å². The summed E-state index contributed by atoms with van der Waals surface area (Å²) in [7, 11) is 0. The summed E-state index contributed by atoms with van der Waals surface area (Å²) in [5, 5.41) is 3.35. The number of benzene rings is 1. The van der Waals surface area contributed by atoms with Crippen LogP contribution in [0.4, 0.5) is 5.69 Å². The van der Waals surface area contributed by atoms with E-state index in [-0.39, 0.29) is 0 Å². The fourth-order valence-electron chi connectivity index (χ4n) is 1.68. The number of anilines is 1. The molecule has 1 atom stereocenters. The number of nitrogens with one attached hydrogen (secondary N) is 1. The molecule has 0 aromatic heterocycles. The molecule has 1 aliphatic rings. The van der Waals surface area contributed by atoms with Crippen molar-refractivity contribution < 1.29 is 0 Å². The maximum Gasteiger partial charge on any atom is 0.0365 e. The number of nitrogens with two attached hydrogens (primary N) is 1. The van der Waals surface area contributed by atoms with Gasteiger partial charge >= 0.3 is 0 Å². The van der Waals surface area contributed by atoms with Crippen molar-refractivity contribution in [2.24, 2.45) is 0 Å².